The molecule has 1 N–H and O–H groups in total. The SMILES string of the molecule is CC(C)CNCc1ccc(N2CCCC2C(C)C)nn1. The number of anilines is 1. The highest BCUT2D eigenvalue weighted by Crippen LogP contribution is 2.27. The predicted molar refractivity (Wildman–Crippen MR) is 83.8 cm³/mol. The van der Waals surface area contributed by atoms with Crippen molar-refractivity contribution in [3.8, 4) is 0 Å². The van der Waals surface area contributed by atoms with Crippen LogP contribution in [-0.2, 0) is 6.54 Å². The molecule has 0 amide bonds. The molecule has 0 bridgehead atoms. The summed E-state index contributed by atoms with van der Waals surface area (Å²) in [6.45, 7) is 11.9. The van der Waals surface area contributed by atoms with Crippen molar-refractivity contribution in [1.29, 1.82) is 0 Å². The Morgan fingerprint density at radius 2 is 2.05 bits per heavy atom. The van der Waals surface area contributed by atoms with Gasteiger partial charge in [0.25, 0.3) is 0 Å². The van der Waals surface area contributed by atoms with Crippen LogP contribution >= 0.6 is 0 Å². The number of hydrogen-bond acceptors (Lipinski definition) is 4. The van der Waals surface area contributed by atoms with Crippen LogP contribution in [0.2, 0.25) is 0 Å². The van der Waals surface area contributed by atoms with E-state index < -0.39 is 0 Å². The van der Waals surface area contributed by atoms with E-state index in [-0.39, 0.29) is 0 Å². The van der Waals surface area contributed by atoms with Crippen molar-refractivity contribution in [2.45, 2.75) is 53.1 Å². The second-order valence-corrected chi connectivity index (χ2v) is 6.55. The molecule has 1 aliphatic heterocycles. The fourth-order valence-corrected chi connectivity index (χ4v) is 2.86. The van der Waals surface area contributed by atoms with Gasteiger partial charge in [-0.25, -0.2) is 0 Å². The Morgan fingerprint density at radius 3 is 2.65 bits per heavy atom. The molecule has 1 aromatic rings. The largest absolute Gasteiger partial charge is 0.352 e. The number of nitrogens with zero attached hydrogens (tertiary/aromatic N) is 3. The van der Waals surface area contributed by atoms with E-state index in [1.807, 2.05) is 0 Å². The Hall–Kier alpha value is -1.16. The second kappa shape index (κ2) is 7.02. The molecule has 0 aromatic carbocycles. The van der Waals surface area contributed by atoms with E-state index in [9.17, 15) is 0 Å². The van der Waals surface area contributed by atoms with Crippen LogP contribution in [0.5, 0.6) is 0 Å². The normalized spacial score (nSPS) is 19.3. The monoisotopic (exact) mass is 276 g/mol. The predicted octanol–water partition coefficient (Wildman–Crippen LogP) is 2.85. The van der Waals surface area contributed by atoms with Gasteiger partial charge in [0.2, 0.25) is 0 Å². The summed E-state index contributed by atoms with van der Waals surface area (Å²) in [6, 6.07) is 4.85. The molecule has 4 nitrogen and oxygen atoms in total. The molecule has 4 heteroatoms. The fraction of sp³-hybridized carbons (Fsp3) is 0.750. The molecule has 2 heterocycles. The third-order valence-corrected chi connectivity index (χ3v) is 3.93. The standard InChI is InChI=1S/C16H28N4/c1-12(2)10-17-11-14-7-8-16(19-18-14)20-9-5-6-15(20)13(3)4/h7-8,12-13,15,17H,5-6,9-11H2,1-4H3. The Bertz CT molecular complexity index is 399. The third kappa shape index (κ3) is 3.92. The van der Waals surface area contributed by atoms with Gasteiger partial charge in [-0.2, -0.15) is 5.10 Å². The maximum atomic E-state index is 4.43. The third-order valence-electron chi connectivity index (χ3n) is 3.93. The number of rotatable bonds is 6. The molecule has 1 atom stereocenters. The lowest BCUT2D eigenvalue weighted by Gasteiger charge is -2.28. The van der Waals surface area contributed by atoms with E-state index in [4.69, 9.17) is 0 Å². The summed E-state index contributed by atoms with van der Waals surface area (Å²) in [5, 5.41) is 12.2. The number of nitrogens with one attached hydrogen (secondary N) is 1. The summed E-state index contributed by atoms with van der Waals surface area (Å²) in [6.07, 6.45) is 2.54. The molecule has 20 heavy (non-hydrogen) atoms. The lowest BCUT2D eigenvalue weighted by Crippen LogP contribution is -2.34. The average molecular weight is 276 g/mol. The second-order valence-electron chi connectivity index (χ2n) is 6.55. The molecule has 112 valence electrons. The van der Waals surface area contributed by atoms with E-state index in [0.29, 0.717) is 17.9 Å². The molecule has 0 spiro atoms. The van der Waals surface area contributed by atoms with Crippen molar-refractivity contribution in [3.63, 3.8) is 0 Å². The van der Waals surface area contributed by atoms with Crippen molar-refractivity contribution in [1.82, 2.24) is 15.5 Å². The first-order valence-corrected chi connectivity index (χ1v) is 7.88. The minimum Gasteiger partial charge on any atom is -0.352 e. The zero-order valence-corrected chi connectivity index (χ0v) is 13.3. The highest BCUT2D eigenvalue weighted by atomic mass is 15.3. The molecular formula is C16H28N4. The topological polar surface area (TPSA) is 41.0 Å². The molecule has 1 saturated heterocycles. The smallest absolute Gasteiger partial charge is 0.151 e. The van der Waals surface area contributed by atoms with E-state index >= 15 is 0 Å². The zero-order chi connectivity index (χ0) is 14.5. The van der Waals surface area contributed by atoms with Crippen molar-refractivity contribution >= 4 is 5.82 Å². The Balaban J connectivity index is 1.94. The summed E-state index contributed by atoms with van der Waals surface area (Å²) >= 11 is 0. The maximum absolute atomic E-state index is 4.43. The van der Waals surface area contributed by atoms with Crippen molar-refractivity contribution in [3.05, 3.63) is 17.8 Å². The summed E-state index contributed by atoms with van der Waals surface area (Å²) in [7, 11) is 0. The lowest BCUT2D eigenvalue weighted by atomic mass is 10.0. The Morgan fingerprint density at radius 1 is 1.25 bits per heavy atom. The van der Waals surface area contributed by atoms with Gasteiger partial charge in [-0.15, -0.1) is 5.10 Å². The highest BCUT2D eigenvalue weighted by Gasteiger charge is 2.28. The first kappa shape index (κ1) is 15.2. The molecular weight excluding hydrogens is 248 g/mol. The van der Waals surface area contributed by atoms with Gasteiger partial charge in [-0.1, -0.05) is 27.7 Å². The molecule has 2 rings (SSSR count). The maximum Gasteiger partial charge on any atom is 0.151 e. The quantitative estimate of drug-likeness (QED) is 0.867. The van der Waals surface area contributed by atoms with Crippen LogP contribution in [0.4, 0.5) is 5.82 Å². The molecule has 1 unspecified atom stereocenters. The molecule has 1 fully saturated rings. The van der Waals surface area contributed by atoms with Crippen LogP contribution in [0.3, 0.4) is 0 Å². The summed E-state index contributed by atoms with van der Waals surface area (Å²) < 4.78 is 0. The first-order valence-electron chi connectivity index (χ1n) is 7.88. The van der Waals surface area contributed by atoms with E-state index in [2.05, 4.69) is 60.2 Å². The Kier molecular flexibility index (Phi) is 5.35. The van der Waals surface area contributed by atoms with Crippen LogP contribution in [0, 0.1) is 11.8 Å². The van der Waals surface area contributed by atoms with E-state index in [1.165, 1.54) is 12.8 Å². The summed E-state index contributed by atoms with van der Waals surface area (Å²) in [4.78, 5) is 2.42. The summed E-state index contributed by atoms with van der Waals surface area (Å²) in [5.74, 6) is 2.37. The average Bonchev–Trinajstić information content (AvgIpc) is 2.88. The van der Waals surface area contributed by atoms with Gasteiger partial charge in [-0.05, 0) is 43.4 Å². The molecule has 0 aliphatic carbocycles. The first-order chi connectivity index (χ1) is 9.58. The lowest BCUT2D eigenvalue weighted by molar-refractivity contribution is 0.488. The number of hydrogen-bond donors (Lipinski definition) is 1. The van der Waals surface area contributed by atoms with Crippen molar-refractivity contribution in [2.24, 2.45) is 11.8 Å². The van der Waals surface area contributed by atoms with Gasteiger partial charge in [0.1, 0.15) is 0 Å². The van der Waals surface area contributed by atoms with Gasteiger partial charge in [0.05, 0.1) is 5.69 Å². The molecule has 0 radical (unpaired) electrons. The van der Waals surface area contributed by atoms with Crippen LogP contribution in [0.25, 0.3) is 0 Å². The minimum absolute atomic E-state index is 0.620. The van der Waals surface area contributed by atoms with Gasteiger partial charge in [-0.3, -0.25) is 0 Å². The zero-order valence-electron chi connectivity index (χ0n) is 13.3. The van der Waals surface area contributed by atoms with E-state index in [1.54, 1.807) is 0 Å². The summed E-state index contributed by atoms with van der Waals surface area (Å²) in [5.41, 5.74) is 1.02. The molecule has 0 saturated carbocycles. The highest BCUT2D eigenvalue weighted by molar-refractivity contribution is 5.40. The van der Waals surface area contributed by atoms with Crippen LogP contribution < -0.4 is 10.2 Å². The van der Waals surface area contributed by atoms with Crippen LogP contribution in [0.15, 0.2) is 12.1 Å². The number of aromatic nitrogens is 2. The van der Waals surface area contributed by atoms with E-state index in [0.717, 1.165) is 31.1 Å². The van der Waals surface area contributed by atoms with Crippen LogP contribution in [-0.4, -0.2) is 29.3 Å². The van der Waals surface area contributed by atoms with Gasteiger partial charge in [0.15, 0.2) is 5.82 Å². The van der Waals surface area contributed by atoms with Crippen LogP contribution in [0.1, 0.15) is 46.2 Å². The minimum atomic E-state index is 0.620. The molecule has 1 aliphatic rings. The van der Waals surface area contributed by atoms with Crippen molar-refractivity contribution < 1.29 is 0 Å². The van der Waals surface area contributed by atoms with Crippen molar-refractivity contribution in [2.75, 3.05) is 18.0 Å². The van der Waals surface area contributed by atoms with Gasteiger partial charge >= 0.3 is 0 Å². The van der Waals surface area contributed by atoms with Gasteiger partial charge < -0.3 is 10.2 Å². The van der Waals surface area contributed by atoms with Gasteiger partial charge in [0, 0.05) is 19.1 Å². The fourth-order valence-electron chi connectivity index (χ4n) is 2.86. The Labute approximate surface area is 123 Å². The molecule has 1 aromatic heterocycles.